The molecule has 2 nitrogen and oxygen atoms in total. The van der Waals surface area contributed by atoms with Gasteiger partial charge in [-0.3, -0.25) is 0 Å². The Bertz CT molecular complexity index is 379. The van der Waals surface area contributed by atoms with E-state index < -0.39 is 0 Å². The molecule has 0 aliphatic heterocycles. The molecule has 0 aliphatic carbocycles. The molecule has 0 fully saturated rings. The highest BCUT2D eigenvalue weighted by molar-refractivity contribution is 5.73. The fourth-order valence-electron chi connectivity index (χ4n) is 2.25. The molecule has 0 spiro atoms. The van der Waals surface area contributed by atoms with Gasteiger partial charge in [-0.2, -0.15) is 0 Å². The highest BCUT2D eigenvalue weighted by Crippen LogP contribution is 2.36. The molecule has 0 saturated heterocycles. The third-order valence-corrected chi connectivity index (χ3v) is 3.25. The van der Waals surface area contributed by atoms with Crippen LogP contribution in [0.5, 0.6) is 0 Å². The lowest BCUT2D eigenvalue weighted by Crippen LogP contribution is -2.08. The largest absolute Gasteiger partial charge is 0.398 e. The maximum Gasteiger partial charge on any atom is 0.0426 e. The van der Waals surface area contributed by atoms with Gasteiger partial charge in [0.15, 0.2) is 0 Å². The van der Waals surface area contributed by atoms with E-state index in [-0.39, 0.29) is 0 Å². The summed E-state index contributed by atoms with van der Waals surface area (Å²) in [6.07, 6.45) is 0. The summed E-state index contributed by atoms with van der Waals surface area (Å²) in [7, 11) is 1.96. The molecule has 0 saturated carbocycles. The molecule has 0 aliphatic rings. The van der Waals surface area contributed by atoms with Gasteiger partial charge in [-0.1, -0.05) is 13.8 Å². The Morgan fingerprint density at radius 1 is 1.00 bits per heavy atom. The zero-order valence-electron chi connectivity index (χ0n) is 10.7. The van der Waals surface area contributed by atoms with Gasteiger partial charge in [0.2, 0.25) is 0 Å². The second kappa shape index (κ2) is 4.13. The average molecular weight is 206 g/mol. The highest BCUT2D eigenvalue weighted by Gasteiger charge is 2.16. The van der Waals surface area contributed by atoms with Crippen molar-refractivity contribution in [1.82, 2.24) is 0 Å². The lowest BCUT2D eigenvalue weighted by Gasteiger charge is -2.22. The first kappa shape index (κ1) is 11.9. The predicted molar refractivity (Wildman–Crippen MR) is 68.7 cm³/mol. The standard InChI is InChI=1S/C13H22N2/c1-7(2)11-8(3)9(4)12(14)10(5)13(11)15-6/h7,15H,14H2,1-6H3. The molecule has 1 aromatic carbocycles. The van der Waals surface area contributed by atoms with Gasteiger partial charge in [0.05, 0.1) is 0 Å². The van der Waals surface area contributed by atoms with E-state index in [1.165, 1.54) is 27.9 Å². The van der Waals surface area contributed by atoms with Crippen molar-refractivity contribution < 1.29 is 0 Å². The molecule has 3 N–H and O–H groups in total. The first-order valence-corrected chi connectivity index (χ1v) is 5.48. The van der Waals surface area contributed by atoms with Gasteiger partial charge >= 0.3 is 0 Å². The highest BCUT2D eigenvalue weighted by atomic mass is 14.8. The SMILES string of the molecule is CNc1c(C)c(N)c(C)c(C)c1C(C)C. The summed E-state index contributed by atoms with van der Waals surface area (Å²) < 4.78 is 0. The number of nitrogens with one attached hydrogen (secondary N) is 1. The van der Waals surface area contributed by atoms with Gasteiger partial charge in [-0.25, -0.2) is 0 Å². The van der Waals surface area contributed by atoms with Gasteiger partial charge < -0.3 is 11.1 Å². The molecule has 2 heteroatoms. The summed E-state index contributed by atoms with van der Waals surface area (Å²) in [6.45, 7) is 10.8. The third-order valence-electron chi connectivity index (χ3n) is 3.25. The van der Waals surface area contributed by atoms with Gasteiger partial charge in [0.1, 0.15) is 0 Å². The Hall–Kier alpha value is -1.18. The van der Waals surface area contributed by atoms with Crippen molar-refractivity contribution in [1.29, 1.82) is 0 Å². The summed E-state index contributed by atoms with van der Waals surface area (Å²) >= 11 is 0. The Morgan fingerprint density at radius 3 is 1.93 bits per heavy atom. The Balaban J connectivity index is 3.62. The average Bonchev–Trinajstić information content (AvgIpc) is 2.19. The maximum atomic E-state index is 6.09. The predicted octanol–water partition coefficient (Wildman–Crippen LogP) is 3.36. The lowest BCUT2D eigenvalue weighted by molar-refractivity contribution is 0.854. The smallest absolute Gasteiger partial charge is 0.0426 e. The molecule has 0 atom stereocenters. The molecule has 15 heavy (non-hydrogen) atoms. The molecule has 0 heterocycles. The van der Waals surface area contributed by atoms with Crippen molar-refractivity contribution in [2.75, 3.05) is 18.1 Å². The fraction of sp³-hybridized carbons (Fsp3) is 0.538. The number of hydrogen-bond acceptors (Lipinski definition) is 2. The summed E-state index contributed by atoms with van der Waals surface area (Å²) in [5, 5.41) is 3.27. The van der Waals surface area contributed by atoms with E-state index in [4.69, 9.17) is 5.73 Å². The quantitative estimate of drug-likeness (QED) is 0.728. The Labute approximate surface area is 92.9 Å². The van der Waals surface area contributed by atoms with E-state index in [1.807, 2.05) is 7.05 Å². The number of hydrogen-bond donors (Lipinski definition) is 2. The van der Waals surface area contributed by atoms with Crippen LogP contribution >= 0.6 is 0 Å². The molecule has 0 unspecified atom stereocenters. The monoisotopic (exact) mass is 206 g/mol. The van der Waals surface area contributed by atoms with Crippen LogP contribution in [0.2, 0.25) is 0 Å². The van der Waals surface area contributed by atoms with Crippen LogP contribution in [0.15, 0.2) is 0 Å². The van der Waals surface area contributed by atoms with Crippen molar-refractivity contribution in [3.63, 3.8) is 0 Å². The third kappa shape index (κ3) is 1.81. The van der Waals surface area contributed by atoms with E-state index in [9.17, 15) is 0 Å². The van der Waals surface area contributed by atoms with E-state index in [0.29, 0.717) is 5.92 Å². The number of rotatable bonds is 2. The lowest BCUT2D eigenvalue weighted by atomic mass is 9.89. The van der Waals surface area contributed by atoms with Crippen LogP contribution in [0.25, 0.3) is 0 Å². The normalized spacial score (nSPS) is 10.9. The first-order valence-electron chi connectivity index (χ1n) is 5.48. The van der Waals surface area contributed by atoms with E-state index in [0.717, 1.165) is 5.69 Å². The summed E-state index contributed by atoms with van der Waals surface area (Å²) in [5.41, 5.74) is 13.3. The second-order valence-corrected chi connectivity index (χ2v) is 4.48. The zero-order chi connectivity index (χ0) is 11.7. The molecular formula is C13H22N2. The molecule has 84 valence electrons. The van der Waals surface area contributed by atoms with Gasteiger partial charge in [0.25, 0.3) is 0 Å². The Morgan fingerprint density at radius 2 is 1.53 bits per heavy atom. The maximum absolute atomic E-state index is 6.09. The fourth-order valence-corrected chi connectivity index (χ4v) is 2.25. The number of nitrogen functional groups attached to an aromatic ring is 1. The van der Waals surface area contributed by atoms with Crippen LogP contribution in [-0.2, 0) is 0 Å². The van der Waals surface area contributed by atoms with Gasteiger partial charge in [0, 0.05) is 18.4 Å². The van der Waals surface area contributed by atoms with Crippen LogP contribution in [0, 0.1) is 20.8 Å². The minimum Gasteiger partial charge on any atom is -0.398 e. The van der Waals surface area contributed by atoms with E-state index in [2.05, 4.69) is 39.9 Å². The summed E-state index contributed by atoms with van der Waals surface area (Å²) in [6, 6.07) is 0. The molecule has 0 radical (unpaired) electrons. The van der Waals surface area contributed by atoms with Gasteiger partial charge in [-0.05, 0) is 48.9 Å². The minimum absolute atomic E-state index is 0.519. The van der Waals surface area contributed by atoms with Crippen LogP contribution < -0.4 is 11.1 Å². The topological polar surface area (TPSA) is 38.0 Å². The molecular weight excluding hydrogens is 184 g/mol. The zero-order valence-corrected chi connectivity index (χ0v) is 10.7. The van der Waals surface area contributed by atoms with Crippen molar-refractivity contribution in [2.45, 2.75) is 40.5 Å². The number of anilines is 2. The van der Waals surface area contributed by atoms with E-state index >= 15 is 0 Å². The van der Waals surface area contributed by atoms with Crippen molar-refractivity contribution >= 4 is 11.4 Å². The molecule has 0 aromatic heterocycles. The van der Waals surface area contributed by atoms with Gasteiger partial charge in [-0.15, -0.1) is 0 Å². The van der Waals surface area contributed by atoms with Crippen LogP contribution in [0.1, 0.15) is 42.0 Å². The molecule has 1 rings (SSSR count). The second-order valence-electron chi connectivity index (χ2n) is 4.48. The number of benzene rings is 1. The molecule has 0 bridgehead atoms. The minimum atomic E-state index is 0.519. The summed E-state index contributed by atoms with van der Waals surface area (Å²) in [4.78, 5) is 0. The molecule has 1 aromatic rings. The van der Waals surface area contributed by atoms with Crippen molar-refractivity contribution in [3.05, 3.63) is 22.3 Å². The van der Waals surface area contributed by atoms with Crippen molar-refractivity contribution in [3.8, 4) is 0 Å². The van der Waals surface area contributed by atoms with Crippen molar-refractivity contribution in [2.24, 2.45) is 0 Å². The van der Waals surface area contributed by atoms with Crippen LogP contribution in [-0.4, -0.2) is 7.05 Å². The molecule has 0 amide bonds. The first-order chi connectivity index (χ1) is 6.91. The van der Waals surface area contributed by atoms with Crippen LogP contribution in [0.4, 0.5) is 11.4 Å². The van der Waals surface area contributed by atoms with E-state index in [1.54, 1.807) is 0 Å². The van der Waals surface area contributed by atoms with Crippen LogP contribution in [0.3, 0.4) is 0 Å². The Kier molecular flexibility index (Phi) is 3.28. The number of nitrogens with two attached hydrogens (primary N) is 1. The summed E-state index contributed by atoms with van der Waals surface area (Å²) in [5.74, 6) is 0.519.